The first-order valence-electron chi connectivity index (χ1n) is 8.86. The van der Waals surface area contributed by atoms with Crippen molar-refractivity contribution in [2.45, 2.75) is 44.9 Å². The molecule has 3 aliphatic rings. The van der Waals surface area contributed by atoms with Crippen molar-refractivity contribution in [3.8, 4) is 0 Å². The molecular weight excluding hydrogens is 304 g/mol. The topological polar surface area (TPSA) is 49.9 Å². The lowest BCUT2D eigenvalue weighted by Crippen LogP contribution is -2.56. The van der Waals surface area contributed by atoms with Gasteiger partial charge in [-0.05, 0) is 30.9 Å². The van der Waals surface area contributed by atoms with Crippen LogP contribution in [0.15, 0.2) is 24.3 Å². The Bertz CT molecular complexity index is 650. The van der Waals surface area contributed by atoms with Crippen LogP contribution in [0.4, 0.5) is 0 Å². The van der Waals surface area contributed by atoms with Gasteiger partial charge in [-0.2, -0.15) is 0 Å². The first kappa shape index (κ1) is 15.6. The minimum atomic E-state index is -0.143. The summed E-state index contributed by atoms with van der Waals surface area (Å²) >= 11 is 0. The molecule has 5 heteroatoms. The zero-order valence-electron chi connectivity index (χ0n) is 14.1. The van der Waals surface area contributed by atoms with Gasteiger partial charge in [0.15, 0.2) is 0 Å². The Morgan fingerprint density at radius 2 is 1.96 bits per heavy atom. The second kappa shape index (κ2) is 6.20. The quantitative estimate of drug-likeness (QED) is 0.827. The fourth-order valence-corrected chi connectivity index (χ4v) is 3.60. The van der Waals surface area contributed by atoms with Crippen molar-refractivity contribution in [1.82, 2.24) is 9.80 Å². The number of nitrogens with zero attached hydrogens (tertiary/aromatic N) is 2. The van der Waals surface area contributed by atoms with Crippen LogP contribution in [0.2, 0.25) is 0 Å². The number of benzene rings is 1. The highest BCUT2D eigenvalue weighted by Gasteiger charge is 2.44. The van der Waals surface area contributed by atoms with Gasteiger partial charge in [0.25, 0.3) is 0 Å². The van der Waals surface area contributed by atoms with Gasteiger partial charge in [-0.15, -0.1) is 0 Å². The molecule has 128 valence electrons. The van der Waals surface area contributed by atoms with Crippen molar-refractivity contribution in [3.63, 3.8) is 0 Å². The maximum Gasteiger partial charge on any atom is 0.228 e. The smallest absolute Gasteiger partial charge is 0.228 e. The highest BCUT2D eigenvalue weighted by molar-refractivity contribution is 5.90. The van der Waals surface area contributed by atoms with Gasteiger partial charge in [0.2, 0.25) is 11.8 Å². The highest BCUT2D eigenvalue weighted by atomic mass is 16.5. The van der Waals surface area contributed by atoms with Gasteiger partial charge < -0.3 is 14.5 Å². The Kier molecular flexibility index (Phi) is 4.04. The maximum absolute atomic E-state index is 12.5. The van der Waals surface area contributed by atoms with E-state index in [1.165, 1.54) is 11.1 Å². The van der Waals surface area contributed by atoms with Crippen LogP contribution in [-0.4, -0.2) is 53.4 Å². The van der Waals surface area contributed by atoms with Crippen LogP contribution in [0.5, 0.6) is 0 Å². The van der Waals surface area contributed by atoms with E-state index in [1.807, 2.05) is 21.9 Å². The predicted octanol–water partition coefficient (Wildman–Crippen LogP) is 1.73. The van der Waals surface area contributed by atoms with Crippen LogP contribution in [0.1, 0.15) is 30.4 Å². The Hall–Kier alpha value is -1.88. The number of carbonyl (C=O) groups is 2. The minimum absolute atomic E-state index is 0.116. The number of rotatable bonds is 5. The van der Waals surface area contributed by atoms with Crippen LogP contribution in [0, 0.1) is 12.8 Å². The molecule has 0 bridgehead atoms. The fourth-order valence-electron chi connectivity index (χ4n) is 3.60. The van der Waals surface area contributed by atoms with E-state index in [0.717, 1.165) is 12.8 Å². The maximum atomic E-state index is 12.5. The highest BCUT2D eigenvalue weighted by Crippen LogP contribution is 2.33. The summed E-state index contributed by atoms with van der Waals surface area (Å²) in [5, 5.41) is 0. The van der Waals surface area contributed by atoms with E-state index in [-0.39, 0.29) is 23.8 Å². The van der Waals surface area contributed by atoms with Gasteiger partial charge in [-0.25, -0.2) is 0 Å². The number of likely N-dealkylation sites (tertiary alicyclic amines) is 2. The van der Waals surface area contributed by atoms with Gasteiger partial charge in [-0.1, -0.05) is 24.3 Å². The number of hydrogen-bond donors (Lipinski definition) is 0. The number of carbonyl (C=O) groups excluding carboxylic acids is 2. The third-order valence-corrected chi connectivity index (χ3v) is 5.39. The van der Waals surface area contributed by atoms with Crippen LogP contribution in [0.3, 0.4) is 0 Å². The SMILES string of the molecule is Cc1ccccc1COC1CN(C(=O)[C@H]2CC(=O)N(C3CC3)C2)C1. The molecule has 5 nitrogen and oxygen atoms in total. The third-order valence-electron chi connectivity index (χ3n) is 5.39. The lowest BCUT2D eigenvalue weighted by atomic mass is 10.0. The zero-order chi connectivity index (χ0) is 16.7. The van der Waals surface area contributed by atoms with Crippen LogP contribution in [0.25, 0.3) is 0 Å². The zero-order valence-corrected chi connectivity index (χ0v) is 14.1. The first-order valence-corrected chi connectivity index (χ1v) is 8.86. The summed E-state index contributed by atoms with van der Waals surface area (Å²) in [6, 6.07) is 8.62. The number of hydrogen-bond acceptors (Lipinski definition) is 3. The van der Waals surface area contributed by atoms with Gasteiger partial charge in [0, 0.05) is 32.1 Å². The lowest BCUT2D eigenvalue weighted by Gasteiger charge is -2.40. The second-order valence-electron chi connectivity index (χ2n) is 7.28. The normalized spacial score (nSPS) is 24.4. The molecule has 1 atom stereocenters. The van der Waals surface area contributed by atoms with Crippen LogP contribution >= 0.6 is 0 Å². The van der Waals surface area contributed by atoms with E-state index >= 15 is 0 Å². The molecule has 4 rings (SSSR count). The molecule has 24 heavy (non-hydrogen) atoms. The predicted molar refractivity (Wildman–Crippen MR) is 89.2 cm³/mol. The number of amides is 2. The molecule has 0 spiro atoms. The van der Waals surface area contributed by atoms with Crippen molar-refractivity contribution in [3.05, 3.63) is 35.4 Å². The number of ether oxygens (including phenoxy) is 1. The first-order chi connectivity index (χ1) is 11.6. The molecular formula is C19H24N2O3. The third kappa shape index (κ3) is 3.05. The number of aryl methyl sites for hydroxylation is 1. The van der Waals surface area contributed by atoms with Crippen LogP contribution < -0.4 is 0 Å². The summed E-state index contributed by atoms with van der Waals surface area (Å²) in [4.78, 5) is 28.3. The van der Waals surface area contributed by atoms with Crippen molar-refractivity contribution in [1.29, 1.82) is 0 Å². The molecule has 2 amide bonds. The molecule has 2 aliphatic heterocycles. The Morgan fingerprint density at radius 3 is 2.67 bits per heavy atom. The summed E-state index contributed by atoms with van der Waals surface area (Å²) in [5.41, 5.74) is 2.43. The van der Waals surface area contributed by atoms with Crippen molar-refractivity contribution < 1.29 is 14.3 Å². The Labute approximate surface area is 142 Å². The molecule has 0 radical (unpaired) electrons. The molecule has 0 aromatic heterocycles. The van der Waals surface area contributed by atoms with Gasteiger partial charge >= 0.3 is 0 Å². The molecule has 0 N–H and O–H groups in total. The van der Waals surface area contributed by atoms with E-state index in [0.29, 0.717) is 38.7 Å². The molecule has 1 aliphatic carbocycles. The van der Waals surface area contributed by atoms with Crippen molar-refractivity contribution in [2.75, 3.05) is 19.6 Å². The molecule has 1 aromatic rings. The van der Waals surface area contributed by atoms with E-state index < -0.39 is 0 Å². The average Bonchev–Trinajstić information content (AvgIpc) is 3.29. The summed E-state index contributed by atoms with van der Waals surface area (Å²) < 4.78 is 5.91. The minimum Gasteiger partial charge on any atom is -0.370 e. The summed E-state index contributed by atoms with van der Waals surface area (Å²) in [6.07, 6.45) is 2.71. The molecule has 1 saturated carbocycles. The largest absolute Gasteiger partial charge is 0.370 e. The van der Waals surface area contributed by atoms with E-state index in [1.54, 1.807) is 0 Å². The molecule has 3 fully saturated rings. The van der Waals surface area contributed by atoms with Crippen LogP contribution in [-0.2, 0) is 20.9 Å². The van der Waals surface area contributed by atoms with Gasteiger partial charge in [-0.3, -0.25) is 9.59 Å². The fraction of sp³-hybridized carbons (Fsp3) is 0.579. The van der Waals surface area contributed by atoms with Gasteiger partial charge in [0.05, 0.1) is 18.6 Å². The van der Waals surface area contributed by atoms with E-state index in [2.05, 4.69) is 19.1 Å². The summed E-state index contributed by atoms with van der Waals surface area (Å²) in [5.74, 6) is 0.140. The Balaban J connectivity index is 1.23. The summed E-state index contributed by atoms with van der Waals surface area (Å²) in [7, 11) is 0. The molecule has 1 aromatic carbocycles. The monoisotopic (exact) mass is 328 g/mol. The molecule has 2 heterocycles. The van der Waals surface area contributed by atoms with E-state index in [9.17, 15) is 9.59 Å². The van der Waals surface area contributed by atoms with Crippen molar-refractivity contribution in [2.24, 2.45) is 5.92 Å². The van der Waals surface area contributed by atoms with E-state index in [4.69, 9.17) is 4.74 Å². The second-order valence-corrected chi connectivity index (χ2v) is 7.28. The lowest BCUT2D eigenvalue weighted by molar-refractivity contribution is -0.150. The van der Waals surface area contributed by atoms with Crippen molar-refractivity contribution >= 4 is 11.8 Å². The molecule has 0 unspecified atom stereocenters. The Morgan fingerprint density at radius 1 is 1.21 bits per heavy atom. The molecule has 2 saturated heterocycles. The standard InChI is InChI=1S/C19H24N2O3/c1-13-4-2-3-5-14(13)12-24-17-10-20(11-17)19(23)15-8-18(22)21(9-15)16-6-7-16/h2-5,15-17H,6-12H2,1H3/t15-/m0/s1. The van der Waals surface area contributed by atoms with Gasteiger partial charge in [0.1, 0.15) is 0 Å². The summed E-state index contributed by atoms with van der Waals surface area (Å²) in [6.45, 7) is 4.60. The average molecular weight is 328 g/mol.